The van der Waals surface area contributed by atoms with Gasteiger partial charge in [0.05, 0.1) is 11.3 Å². The van der Waals surface area contributed by atoms with Crippen LogP contribution in [-0.2, 0) is 6.18 Å². The summed E-state index contributed by atoms with van der Waals surface area (Å²) in [5.41, 5.74) is 0.559. The van der Waals surface area contributed by atoms with E-state index in [1.54, 1.807) is 0 Å². The van der Waals surface area contributed by atoms with E-state index < -0.39 is 11.7 Å². The van der Waals surface area contributed by atoms with Crippen molar-refractivity contribution in [1.82, 2.24) is 15.1 Å². The van der Waals surface area contributed by atoms with Crippen molar-refractivity contribution in [2.24, 2.45) is 0 Å². The molecule has 1 aromatic carbocycles. The minimum atomic E-state index is -4.32. The second-order valence-electron chi connectivity index (χ2n) is 6.98. The molecule has 0 spiro atoms. The van der Waals surface area contributed by atoms with Crippen molar-refractivity contribution in [3.8, 4) is 11.3 Å². The Kier molecular flexibility index (Phi) is 4.56. The van der Waals surface area contributed by atoms with Crippen molar-refractivity contribution < 1.29 is 13.2 Å². The van der Waals surface area contributed by atoms with E-state index in [4.69, 9.17) is 0 Å². The minimum absolute atomic E-state index is 0.582. The van der Waals surface area contributed by atoms with E-state index in [-0.39, 0.29) is 0 Å². The lowest BCUT2D eigenvalue weighted by Gasteiger charge is -2.44. The van der Waals surface area contributed by atoms with Crippen molar-refractivity contribution >= 4 is 5.82 Å². The van der Waals surface area contributed by atoms with Crippen molar-refractivity contribution in [3.05, 3.63) is 42.0 Å². The van der Waals surface area contributed by atoms with Gasteiger partial charge in [0.15, 0.2) is 5.82 Å². The van der Waals surface area contributed by atoms with Crippen molar-refractivity contribution in [2.75, 3.05) is 31.1 Å². The Labute approximate surface area is 150 Å². The van der Waals surface area contributed by atoms with E-state index in [1.165, 1.54) is 37.9 Å². The molecule has 3 heterocycles. The smallest absolute Gasteiger partial charge is 0.352 e. The van der Waals surface area contributed by atoms with Crippen LogP contribution in [-0.4, -0.2) is 47.3 Å². The van der Waals surface area contributed by atoms with Crippen LogP contribution in [0.5, 0.6) is 0 Å². The Morgan fingerprint density at radius 3 is 2.38 bits per heavy atom. The highest BCUT2D eigenvalue weighted by molar-refractivity contribution is 5.60. The molecular weight excluding hydrogens is 341 g/mol. The maximum absolute atomic E-state index is 12.7. The van der Waals surface area contributed by atoms with Crippen LogP contribution in [0.25, 0.3) is 11.3 Å². The highest BCUT2D eigenvalue weighted by Crippen LogP contribution is 2.31. The zero-order valence-electron chi connectivity index (χ0n) is 14.4. The van der Waals surface area contributed by atoms with Gasteiger partial charge in [-0.15, -0.1) is 10.2 Å². The summed E-state index contributed by atoms with van der Waals surface area (Å²) in [7, 11) is 0. The lowest BCUT2D eigenvalue weighted by molar-refractivity contribution is -0.137. The average Bonchev–Trinajstić information content (AvgIpc) is 2.67. The molecule has 2 aromatic rings. The molecule has 0 radical (unpaired) electrons. The second-order valence-corrected chi connectivity index (χ2v) is 6.98. The molecule has 2 aliphatic rings. The van der Waals surface area contributed by atoms with Crippen LogP contribution >= 0.6 is 0 Å². The maximum atomic E-state index is 12.7. The number of aromatic nitrogens is 2. The van der Waals surface area contributed by atoms with Gasteiger partial charge in [-0.05, 0) is 43.7 Å². The zero-order chi connectivity index (χ0) is 18.1. The van der Waals surface area contributed by atoms with E-state index in [0.717, 1.165) is 37.6 Å². The van der Waals surface area contributed by atoms with Gasteiger partial charge in [0, 0.05) is 31.2 Å². The van der Waals surface area contributed by atoms with Crippen LogP contribution in [0, 0.1) is 0 Å². The summed E-state index contributed by atoms with van der Waals surface area (Å²) in [6.07, 6.45) is -0.519. The lowest BCUT2D eigenvalue weighted by Crippen LogP contribution is -2.55. The van der Waals surface area contributed by atoms with Crippen LogP contribution in [0.3, 0.4) is 0 Å². The fraction of sp³-hybridized carbons (Fsp3) is 0.474. The first-order valence-corrected chi connectivity index (χ1v) is 9.01. The molecule has 0 unspecified atom stereocenters. The van der Waals surface area contributed by atoms with Crippen molar-refractivity contribution in [2.45, 2.75) is 31.5 Å². The van der Waals surface area contributed by atoms with E-state index in [2.05, 4.69) is 20.0 Å². The Morgan fingerprint density at radius 1 is 0.885 bits per heavy atom. The third kappa shape index (κ3) is 3.53. The maximum Gasteiger partial charge on any atom is 0.416 e. The van der Waals surface area contributed by atoms with E-state index in [0.29, 0.717) is 17.3 Å². The molecule has 1 aromatic heterocycles. The van der Waals surface area contributed by atoms with Gasteiger partial charge in [0.1, 0.15) is 0 Å². The summed E-state index contributed by atoms with van der Waals surface area (Å²) in [4.78, 5) is 4.82. The minimum Gasteiger partial charge on any atom is -0.352 e. The normalized spacial score (nSPS) is 21.5. The molecule has 2 saturated heterocycles. The molecule has 138 valence electrons. The Balaban J connectivity index is 1.47. The molecule has 0 amide bonds. The second kappa shape index (κ2) is 6.87. The first-order valence-electron chi connectivity index (χ1n) is 9.01. The number of nitrogens with zero attached hydrogens (tertiary/aromatic N) is 4. The predicted molar refractivity (Wildman–Crippen MR) is 93.9 cm³/mol. The largest absolute Gasteiger partial charge is 0.416 e. The molecule has 26 heavy (non-hydrogen) atoms. The lowest BCUT2D eigenvalue weighted by atomic mass is 9.99. The molecule has 0 saturated carbocycles. The van der Waals surface area contributed by atoms with Crippen LogP contribution in [0.2, 0.25) is 0 Å². The van der Waals surface area contributed by atoms with Crippen LogP contribution in [0.15, 0.2) is 36.4 Å². The van der Waals surface area contributed by atoms with Crippen LogP contribution in [0.1, 0.15) is 24.8 Å². The summed E-state index contributed by atoms with van der Waals surface area (Å²) in [5, 5.41) is 8.56. The molecule has 0 bridgehead atoms. The van der Waals surface area contributed by atoms with Crippen LogP contribution < -0.4 is 4.90 Å². The number of hydrogen-bond donors (Lipinski definition) is 0. The molecule has 2 fully saturated rings. The first-order chi connectivity index (χ1) is 12.5. The standard InChI is InChI=1S/C19H21F3N4/c20-19(21,22)15-6-4-14(5-7-15)17-8-9-18(24-23-17)26-12-11-25-10-2-1-3-16(25)13-26/h4-9,16H,1-3,10-13H2/t16-/m1/s1. The fourth-order valence-corrected chi connectivity index (χ4v) is 3.84. The third-order valence-corrected chi connectivity index (χ3v) is 5.32. The van der Waals surface area contributed by atoms with Gasteiger partial charge >= 0.3 is 6.18 Å². The fourth-order valence-electron chi connectivity index (χ4n) is 3.84. The predicted octanol–water partition coefficient (Wildman–Crippen LogP) is 3.84. The van der Waals surface area contributed by atoms with E-state index in [1.807, 2.05) is 12.1 Å². The molecule has 4 rings (SSSR count). The molecule has 0 N–H and O–H groups in total. The molecule has 0 aliphatic carbocycles. The summed E-state index contributed by atoms with van der Waals surface area (Å²) < 4.78 is 38.0. The highest BCUT2D eigenvalue weighted by atomic mass is 19.4. The first kappa shape index (κ1) is 17.3. The number of piperazine rings is 1. The summed E-state index contributed by atoms with van der Waals surface area (Å²) >= 11 is 0. The molecule has 7 heteroatoms. The Morgan fingerprint density at radius 2 is 1.69 bits per heavy atom. The number of rotatable bonds is 2. The summed E-state index contributed by atoms with van der Waals surface area (Å²) in [5.74, 6) is 0.839. The number of piperidine rings is 1. The highest BCUT2D eigenvalue weighted by Gasteiger charge is 2.30. The Bertz CT molecular complexity index is 743. The number of anilines is 1. The van der Waals surface area contributed by atoms with Crippen LogP contribution in [0.4, 0.5) is 19.0 Å². The number of halogens is 3. The number of benzene rings is 1. The number of alkyl halides is 3. The zero-order valence-corrected chi connectivity index (χ0v) is 14.4. The topological polar surface area (TPSA) is 32.3 Å². The van der Waals surface area contributed by atoms with Gasteiger partial charge in [0.2, 0.25) is 0 Å². The van der Waals surface area contributed by atoms with Crippen molar-refractivity contribution in [3.63, 3.8) is 0 Å². The van der Waals surface area contributed by atoms with Gasteiger partial charge in [-0.25, -0.2) is 0 Å². The van der Waals surface area contributed by atoms with Gasteiger partial charge in [0.25, 0.3) is 0 Å². The van der Waals surface area contributed by atoms with E-state index in [9.17, 15) is 13.2 Å². The van der Waals surface area contributed by atoms with E-state index >= 15 is 0 Å². The van der Waals surface area contributed by atoms with Crippen molar-refractivity contribution in [1.29, 1.82) is 0 Å². The average molecular weight is 362 g/mol. The number of hydrogen-bond acceptors (Lipinski definition) is 4. The third-order valence-electron chi connectivity index (χ3n) is 5.32. The molecule has 2 aliphatic heterocycles. The molecule has 1 atom stereocenters. The quantitative estimate of drug-likeness (QED) is 0.813. The van der Waals surface area contributed by atoms with Gasteiger partial charge in [-0.2, -0.15) is 13.2 Å². The Hall–Kier alpha value is -2.15. The monoisotopic (exact) mass is 362 g/mol. The summed E-state index contributed by atoms with van der Waals surface area (Å²) in [6.45, 7) is 4.14. The summed E-state index contributed by atoms with van der Waals surface area (Å²) in [6, 6.07) is 9.37. The molecular formula is C19H21F3N4. The molecule has 4 nitrogen and oxygen atoms in total. The van der Waals surface area contributed by atoms with Gasteiger partial charge < -0.3 is 4.90 Å². The van der Waals surface area contributed by atoms with Gasteiger partial charge in [-0.3, -0.25) is 4.90 Å². The SMILES string of the molecule is FC(F)(F)c1ccc(-c2ccc(N3CCN4CCCC[C@@H]4C3)nn2)cc1. The number of fused-ring (bicyclic) bond motifs is 1. The van der Waals surface area contributed by atoms with Gasteiger partial charge in [-0.1, -0.05) is 18.6 Å².